The molecule has 2 N–H and O–H groups in total. The zero-order valence-electron chi connectivity index (χ0n) is 17.4. The molecule has 0 saturated carbocycles. The molecule has 1 heterocycles. The van der Waals surface area contributed by atoms with Gasteiger partial charge in [-0.15, -0.1) is 24.0 Å². The molecular formula is C20H32IN5O3. The molecule has 1 fully saturated rings. The predicted octanol–water partition coefficient (Wildman–Crippen LogP) is 1.45. The van der Waals surface area contributed by atoms with Crippen molar-refractivity contribution < 1.29 is 14.3 Å². The number of amides is 2. The van der Waals surface area contributed by atoms with Gasteiger partial charge in [0, 0.05) is 33.7 Å². The Hall–Kier alpha value is -2.04. The molecule has 0 unspecified atom stereocenters. The van der Waals surface area contributed by atoms with Crippen LogP contribution in [0.3, 0.4) is 0 Å². The largest absolute Gasteiger partial charge is 0.484 e. The number of hydrogen-bond donors (Lipinski definition) is 2. The summed E-state index contributed by atoms with van der Waals surface area (Å²) >= 11 is 0. The molecule has 29 heavy (non-hydrogen) atoms. The van der Waals surface area contributed by atoms with Crippen molar-refractivity contribution in [1.82, 2.24) is 20.4 Å². The molecule has 1 aromatic carbocycles. The maximum Gasteiger partial charge on any atom is 0.259 e. The maximum absolute atomic E-state index is 12.2. The second-order valence-electron chi connectivity index (χ2n) is 6.86. The first kappa shape index (κ1) is 25.0. The summed E-state index contributed by atoms with van der Waals surface area (Å²) in [6, 6.07) is 7.50. The summed E-state index contributed by atoms with van der Waals surface area (Å²) in [5.74, 6) is 1.24. The zero-order valence-corrected chi connectivity index (χ0v) is 19.8. The Labute approximate surface area is 190 Å². The smallest absolute Gasteiger partial charge is 0.259 e. The van der Waals surface area contributed by atoms with E-state index < -0.39 is 0 Å². The Bertz CT molecular complexity index is 690. The number of carbonyl (C=O) groups excluding carboxylic acids is 2. The third kappa shape index (κ3) is 8.88. The summed E-state index contributed by atoms with van der Waals surface area (Å²) in [5.41, 5.74) is 0.956. The van der Waals surface area contributed by atoms with Crippen molar-refractivity contribution in [2.75, 3.05) is 46.9 Å². The van der Waals surface area contributed by atoms with E-state index in [1.165, 1.54) is 4.90 Å². The maximum atomic E-state index is 12.2. The van der Waals surface area contributed by atoms with Crippen molar-refractivity contribution in [3.63, 3.8) is 0 Å². The average Bonchev–Trinajstić information content (AvgIpc) is 3.23. The number of nitrogens with one attached hydrogen (secondary N) is 2. The third-order valence-corrected chi connectivity index (χ3v) is 4.39. The Kier molecular flexibility index (Phi) is 11.4. The molecule has 0 spiro atoms. The van der Waals surface area contributed by atoms with Crippen molar-refractivity contribution in [3.05, 3.63) is 29.8 Å². The number of benzene rings is 1. The molecule has 1 aliphatic heterocycles. The molecular weight excluding hydrogens is 485 g/mol. The fourth-order valence-electron chi connectivity index (χ4n) is 2.76. The number of guanidine groups is 1. The highest BCUT2D eigenvalue weighted by Gasteiger charge is 2.17. The van der Waals surface area contributed by atoms with Gasteiger partial charge in [-0.3, -0.25) is 9.59 Å². The monoisotopic (exact) mass is 517 g/mol. The van der Waals surface area contributed by atoms with Gasteiger partial charge in [-0.2, -0.15) is 0 Å². The number of ether oxygens (including phenoxy) is 1. The van der Waals surface area contributed by atoms with Gasteiger partial charge in [0.15, 0.2) is 12.6 Å². The second-order valence-corrected chi connectivity index (χ2v) is 6.86. The van der Waals surface area contributed by atoms with E-state index in [1.807, 2.05) is 36.1 Å². The van der Waals surface area contributed by atoms with Crippen LogP contribution in [0.15, 0.2) is 29.3 Å². The highest BCUT2D eigenvalue weighted by molar-refractivity contribution is 14.0. The van der Waals surface area contributed by atoms with Gasteiger partial charge in [0.1, 0.15) is 5.75 Å². The van der Waals surface area contributed by atoms with E-state index >= 15 is 0 Å². The van der Waals surface area contributed by atoms with Crippen molar-refractivity contribution in [2.45, 2.75) is 26.3 Å². The van der Waals surface area contributed by atoms with Gasteiger partial charge >= 0.3 is 0 Å². The van der Waals surface area contributed by atoms with Crippen LogP contribution in [0.5, 0.6) is 5.75 Å². The Morgan fingerprint density at radius 1 is 1.21 bits per heavy atom. The first-order valence-corrected chi connectivity index (χ1v) is 9.71. The van der Waals surface area contributed by atoms with Gasteiger partial charge in [-0.25, -0.2) is 4.99 Å². The lowest BCUT2D eigenvalue weighted by Crippen LogP contribution is -2.44. The molecule has 1 aromatic rings. The summed E-state index contributed by atoms with van der Waals surface area (Å²) in [7, 11) is 3.39. The van der Waals surface area contributed by atoms with Gasteiger partial charge < -0.3 is 25.2 Å². The van der Waals surface area contributed by atoms with Gasteiger partial charge in [0.2, 0.25) is 5.91 Å². The first-order chi connectivity index (χ1) is 13.5. The molecule has 0 bridgehead atoms. The quantitative estimate of drug-likeness (QED) is 0.310. The molecule has 1 saturated heterocycles. The van der Waals surface area contributed by atoms with Crippen molar-refractivity contribution in [1.29, 1.82) is 0 Å². The highest BCUT2D eigenvalue weighted by Crippen LogP contribution is 2.14. The molecule has 0 aromatic heterocycles. The van der Waals surface area contributed by atoms with Gasteiger partial charge in [-0.1, -0.05) is 12.1 Å². The second kappa shape index (κ2) is 13.2. The molecule has 0 radical (unpaired) electrons. The van der Waals surface area contributed by atoms with Crippen molar-refractivity contribution in [2.24, 2.45) is 4.99 Å². The highest BCUT2D eigenvalue weighted by atomic mass is 127. The lowest BCUT2D eigenvalue weighted by Gasteiger charge is -2.17. The lowest BCUT2D eigenvalue weighted by atomic mass is 10.2. The van der Waals surface area contributed by atoms with Crippen molar-refractivity contribution >= 4 is 41.8 Å². The zero-order chi connectivity index (χ0) is 20.4. The Morgan fingerprint density at radius 3 is 2.59 bits per heavy atom. The third-order valence-electron chi connectivity index (χ3n) is 4.39. The number of likely N-dealkylation sites (tertiary alicyclic amines) is 1. The molecule has 0 atom stereocenters. The van der Waals surface area contributed by atoms with E-state index in [2.05, 4.69) is 15.6 Å². The van der Waals surface area contributed by atoms with Crippen LogP contribution in [-0.4, -0.2) is 74.5 Å². The Morgan fingerprint density at radius 2 is 1.93 bits per heavy atom. The molecule has 0 aliphatic carbocycles. The topological polar surface area (TPSA) is 86.3 Å². The predicted molar refractivity (Wildman–Crippen MR) is 125 cm³/mol. The average molecular weight is 517 g/mol. The molecule has 1 aliphatic rings. The summed E-state index contributed by atoms with van der Waals surface area (Å²) in [6.45, 7) is 5.06. The van der Waals surface area contributed by atoms with Gasteiger partial charge in [0.25, 0.3) is 5.91 Å². The summed E-state index contributed by atoms with van der Waals surface area (Å²) in [4.78, 5) is 31.7. The van der Waals surface area contributed by atoms with Crippen LogP contribution in [0.4, 0.5) is 0 Å². The number of halogens is 1. The van der Waals surface area contributed by atoms with Crippen LogP contribution in [-0.2, 0) is 16.1 Å². The number of carbonyl (C=O) groups is 2. The van der Waals surface area contributed by atoms with Crippen molar-refractivity contribution in [3.8, 4) is 5.75 Å². The molecule has 2 amide bonds. The first-order valence-electron chi connectivity index (χ1n) is 9.71. The summed E-state index contributed by atoms with van der Waals surface area (Å²) < 4.78 is 5.54. The van der Waals surface area contributed by atoms with Gasteiger partial charge in [-0.05, 0) is 37.5 Å². The van der Waals surface area contributed by atoms with E-state index in [9.17, 15) is 9.59 Å². The van der Waals surface area contributed by atoms with Crippen LogP contribution < -0.4 is 15.4 Å². The minimum absolute atomic E-state index is 0. The van der Waals surface area contributed by atoms with E-state index in [4.69, 9.17) is 4.74 Å². The number of likely N-dealkylation sites (N-methyl/N-ethyl adjacent to an activating group) is 1. The Balaban J connectivity index is 0.00000420. The van der Waals surface area contributed by atoms with Crippen LogP contribution in [0.1, 0.15) is 25.3 Å². The van der Waals surface area contributed by atoms with Gasteiger partial charge in [0.05, 0.1) is 13.1 Å². The number of aliphatic imine (C=N–C) groups is 1. The minimum atomic E-state index is -0.0928. The minimum Gasteiger partial charge on any atom is -0.484 e. The molecule has 2 rings (SSSR count). The van der Waals surface area contributed by atoms with E-state index in [0.717, 1.165) is 31.5 Å². The normalized spacial score (nSPS) is 13.5. The molecule has 8 nitrogen and oxygen atoms in total. The fraction of sp³-hybridized carbons (Fsp3) is 0.550. The summed E-state index contributed by atoms with van der Waals surface area (Å²) in [6.07, 6.45) is 2.16. The van der Waals surface area contributed by atoms with E-state index in [0.29, 0.717) is 24.8 Å². The van der Waals surface area contributed by atoms with Crippen LogP contribution in [0.25, 0.3) is 0 Å². The SMILES string of the molecule is CCNC(=NCc1cccc(OCC(=O)N(C)C)c1)NCC(=O)N1CCCC1.I. The number of nitrogens with zero attached hydrogens (tertiary/aromatic N) is 3. The number of hydrogen-bond acceptors (Lipinski definition) is 4. The lowest BCUT2D eigenvalue weighted by molar-refractivity contribution is -0.131. The van der Waals surface area contributed by atoms with Crippen LogP contribution >= 0.6 is 24.0 Å². The van der Waals surface area contributed by atoms with Crippen LogP contribution in [0.2, 0.25) is 0 Å². The van der Waals surface area contributed by atoms with E-state index in [1.54, 1.807) is 14.1 Å². The fourth-order valence-corrected chi connectivity index (χ4v) is 2.76. The molecule has 9 heteroatoms. The summed E-state index contributed by atoms with van der Waals surface area (Å²) in [5, 5.41) is 6.25. The number of rotatable bonds is 8. The molecule has 162 valence electrons. The van der Waals surface area contributed by atoms with Crippen LogP contribution in [0, 0.1) is 0 Å². The van der Waals surface area contributed by atoms with E-state index in [-0.39, 0.29) is 48.9 Å². The standard InChI is InChI=1S/C20H31N5O3.HI/c1-4-21-20(23-14-18(26)25-10-5-6-11-25)22-13-16-8-7-9-17(12-16)28-15-19(27)24(2)3;/h7-9,12H,4-6,10-11,13-15H2,1-3H3,(H2,21,22,23);1H.